The Hall–Kier alpha value is -2.90. The minimum absolute atomic E-state index is 0.0477. The summed E-state index contributed by atoms with van der Waals surface area (Å²) >= 11 is 6.31. The van der Waals surface area contributed by atoms with Crippen molar-refractivity contribution in [3.63, 3.8) is 0 Å². The molecule has 2 aromatic carbocycles. The van der Waals surface area contributed by atoms with Crippen LogP contribution in [0.5, 0.6) is 0 Å². The van der Waals surface area contributed by atoms with Gasteiger partial charge in [0.25, 0.3) is 0 Å². The average Bonchev–Trinajstić information content (AvgIpc) is 2.78. The van der Waals surface area contributed by atoms with E-state index >= 15 is 0 Å². The van der Waals surface area contributed by atoms with Gasteiger partial charge in [-0.2, -0.15) is 0 Å². The van der Waals surface area contributed by atoms with Gasteiger partial charge in [0.05, 0.1) is 6.04 Å². The molecular formula is C25H31ClN4O3. The third-order valence-corrected chi connectivity index (χ3v) is 6.12. The first-order valence-corrected chi connectivity index (χ1v) is 11.5. The predicted molar refractivity (Wildman–Crippen MR) is 131 cm³/mol. The molecule has 0 spiro atoms. The Balaban J connectivity index is 1.67. The highest BCUT2D eigenvalue weighted by atomic mass is 35.5. The second-order valence-electron chi connectivity index (χ2n) is 8.76. The van der Waals surface area contributed by atoms with Gasteiger partial charge in [-0.3, -0.25) is 14.4 Å². The van der Waals surface area contributed by atoms with E-state index in [1.807, 2.05) is 57.1 Å². The molecule has 0 radical (unpaired) electrons. The number of hydrogen-bond acceptors (Lipinski definition) is 4. The summed E-state index contributed by atoms with van der Waals surface area (Å²) < 4.78 is 0. The Morgan fingerprint density at radius 3 is 2.48 bits per heavy atom. The second kappa shape index (κ2) is 10.8. The van der Waals surface area contributed by atoms with Gasteiger partial charge in [0.2, 0.25) is 5.91 Å². The molecular weight excluding hydrogens is 440 g/mol. The molecule has 1 unspecified atom stereocenters. The summed E-state index contributed by atoms with van der Waals surface area (Å²) in [4.78, 5) is 41.4. The molecule has 176 valence electrons. The van der Waals surface area contributed by atoms with E-state index in [1.165, 1.54) is 0 Å². The Bertz CT molecular complexity index is 1040. The summed E-state index contributed by atoms with van der Waals surface area (Å²) in [5.41, 5.74) is 3.21. The zero-order valence-corrected chi connectivity index (χ0v) is 20.3. The van der Waals surface area contributed by atoms with Gasteiger partial charge in [-0.15, -0.1) is 0 Å². The fourth-order valence-electron chi connectivity index (χ4n) is 3.97. The molecule has 1 aliphatic heterocycles. The van der Waals surface area contributed by atoms with E-state index in [4.69, 9.17) is 11.6 Å². The van der Waals surface area contributed by atoms with Crippen LogP contribution in [0.25, 0.3) is 0 Å². The van der Waals surface area contributed by atoms with E-state index in [1.54, 1.807) is 23.1 Å². The highest BCUT2D eigenvalue weighted by molar-refractivity contribution is 6.39. The molecule has 0 aromatic heterocycles. The Morgan fingerprint density at radius 1 is 1.09 bits per heavy atom. The molecule has 1 atom stereocenters. The molecule has 3 amide bonds. The molecule has 1 aliphatic rings. The van der Waals surface area contributed by atoms with Crippen LogP contribution in [0, 0.1) is 5.92 Å². The van der Waals surface area contributed by atoms with Crippen LogP contribution in [0.1, 0.15) is 37.4 Å². The Kier molecular flexibility index (Phi) is 8.10. The number of carbonyl (C=O) groups is 3. The number of aryl methyl sites for hydroxylation is 1. The third kappa shape index (κ3) is 5.92. The van der Waals surface area contributed by atoms with Gasteiger partial charge >= 0.3 is 11.8 Å². The summed E-state index contributed by atoms with van der Waals surface area (Å²) in [5.74, 6) is -1.57. The highest BCUT2D eigenvalue weighted by Crippen LogP contribution is 2.31. The maximum absolute atomic E-state index is 12.6. The van der Waals surface area contributed by atoms with Gasteiger partial charge in [0.1, 0.15) is 0 Å². The van der Waals surface area contributed by atoms with Crippen molar-refractivity contribution in [2.75, 3.05) is 37.4 Å². The van der Waals surface area contributed by atoms with Crippen LogP contribution >= 0.6 is 11.6 Å². The van der Waals surface area contributed by atoms with E-state index in [-0.39, 0.29) is 24.4 Å². The topological polar surface area (TPSA) is 81.8 Å². The fourth-order valence-corrected chi connectivity index (χ4v) is 4.23. The first kappa shape index (κ1) is 24.7. The lowest BCUT2D eigenvalue weighted by atomic mass is 9.99. The monoisotopic (exact) mass is 470 g/mol. The minimum atomic E-state index is -0.760. The second-order valence-corrected chi connectivity index (χ2v) is 9.16. The average molecular weight is 471 g/mol. The van der Waals surface area contributed by atoms with Crippen molar-refractivity contribution in [1.29, 1.82) is 0 Å². The van der Waals surface area contributed by atoms with Gasteiger partial charge in [0.15, 0.2) is 0 Å². The smallest absolute Gasteiger partial charge is 0.313 e. The number of amides is 3. The lowest BCUT2D eigenvalue weighted by Gasteiger charge is -2.31. The number of halogens is 1. The van der Waals surface area contributed by atoms with Crippen LogP contribution in [-0.4, -0.2) is 49.8 Å². The summed E-state index contributed by atoms with van der Waals surface area (Å²) in [6.07, 6.45) is 1.78. The van der Waals surface area contributed by atoms with Crippen molar-refractivity contribution in [2.24, 2.45) is 5.92 Å². The fraction of sp³-hybridized carbons (Fsp3) is 0.400. The molecule has 0 saturated carbocycles. The maximum atomic E-state index is 12.6. The number of rotatable bonds is 6. The number of nitrogens with zero attached hydrogens (tertiary/aromatic N) is 2. The van der Waals surface area contributed by atoms with E-state index in [9.17, 15) is 14.4 Å². The van der Waals surface area contributed by atoms with Gasteiger partial charge in [-0.25, -0.2) is 0 Å². The normalized spacial score (nSPS) is 14.1. The standard InChI is InChI=1S/C25H31ClN4O3/c1-16(2)25(33)30-13-7-8-17-11-12-18(14-21(17)30)28-24(32)23(31)27-15-22(29(3)4)19-9-5-6-10-20(19)26/h5-6,9-12,14,16,22H,7-8,13,15H2,1-4H3,(H,27,31)(H,28,32). The summed E-state index contributed by atoms with van der Waals surface area (Å²) in [5, 5.41) is 5.96. The number of benzene rings is 2. The lowest BCUT2D eigenvalue weighted by molar-refractivity contribution is -0.136. The van der Waals surface area contributed by atoms with Crippen molar-refractivity contribution in [1.82, 2.24) is 10.2 Å². The zero-order valence-electron chi connectivity index (χ0n) is 19.5. The number of carbonyl (C=O) groups excluding carboxylic acids is 3. The number of nitrogens with one attached hydrogen (secondary N) is 2. The van der Waals surface area contributed by atoms with Crippen LogP contribution in [0.2, 0.25) is 5.02 Å². The largest absolute Gasteiger partial charge is 0.346 e. The molecule has 33 heavy (non-hydrogen) atoms. The highest BCUT2D eigenvalue weighted by Gasteiger charge is 2.25. The van der Waals surface area contributed by atoms with Crippen LogP contribution in [0.4, 0.5) is 11.4 Å². The number of hydrogen-bond donors (Lipinski definition) is 2. The molecule has 0 aliphatic carbocycles. The predicted octanol–water partition coefficient (Wildman–Crippen LogP) is 3.63. The molecule has 0 saturated heterocycles. The van der Waals surface area contributed by atoms with Crippen LogP contribution in [0.3, 0.4) is 0 Å². The lowest BCUT2D eigenvalue weighted by Crippen LogP contribution is -2.40. The first-order valence-electron chi connectivity index (χ1n) is 11.1. The maximum Gasteiger partial charge on any atom is 0.313 e. The molecule has 3 rings (SSSR count). The van der Waals surface area contributed by atoms with E-state index < -0.39 is 11.8 Å². The summed E-state index contributed by atoms with van der Waals surface area (Å²) in [7, 11) is 3.77. The molecule has 2 N–H and O–H groups in total. The van der Waals surface area contributed by atoms with Gasteiger partial charge in [0, 0.05) is 35.4 Å². The number of fused-ring (bicyclic) bond motifs is 1. The number of likely N-dealkylation sites (N-methyl/N-ethyl adjacent to an activating group) is 1. The van der Waals surface area contributed by atoms with Crippen molar-refractivity contribution >= 4 is 40.7 Å². The quantitative estimate of drug-likeness (QED) is 0.631. The molecule has 0 bridgehead atoms. The van der Waals surface area contributed by atoms with Gasteiger partial charge < -0.3 is 20.4 Å². The first-order chi connectivity index (χ1) is 15.7. The molecule has 2 aromatic rings. The van der Waals surface area contributed by atoms with Crippen molar-refractivity contribution in [2.45, 2.75) is 32.7 Å². The van der Waals surface area contributed by atoms with Crippen molar-refractivity contribution < 1.29 is 14.4 Å². The van der Waals surface area contributed by atoms with Gasteiger partial charge in [-0.1, -0.05) is 49.7 Å². The molecule has 1 heterocycles. The molecule has 0 fully saturated rings. The number of anilines is 2. The minimum Gasteiger partial charge on any atom is -0.346 e. The summed E-state index contributed by atoms with van der Waals surface area (Å²) in [6.45, 7) is 4.62. The van der Waals surface area contributed by atoms with Crippen LogP contribution in [-0.2, 0) is 20.8 Å². The summed E-state index contributed by atoms with van der Waals surface area (Å²) in [6, 6.07) is 12.7. The SMILES string of the molecule is CC(C)C(=O)N1CCCc2ccc(NC(=O)C(=O)NCC(c3ccccc3Cl)N(C)C)cc21. The Labute approximate surface area is 200 Å². The van der Waals surface area contributed by atoms with Crippen LogP contribution < -0.4 is 15.5 Å². The van der Waals surface area contributed by atoms with E-state index in [2.05, 4.69) is 10.6 Å². The van der Waals surface area contributed by atoms with E-state index in [0.29, 0.717) is 17.3 Å². The van der Waals surface area contributed by atoms with Gasteiger partial charge in [-0.05, 0) is 56.3 Å². The molecule has 8 heteroatoms. The zero-order chi connectivity index (χ0) is 24.1. The van der Waals surface area contributed by atoms with E-state index in [0.717, 1.165) is 29.7 Å². The van der Waals surface area contributed by atoms with Crippen LogP contribution in [0.15, 0.2) is 42.5 Å². The third-order valence-electron chi connectivity index (χ3n) is 5.77. The van der Waals surface area contributed by atoms with Crippen molar-refractivity contribution in [3.8, 4) is 0 Å². The van der Waals surface area contributed by atoms with Crippen molar-refractivity contribution in [3.05, 3.63) is 58.6 Å². The molecule has 7 nitrogen and oxygen atoms in total. The Morgan fingerprint density at radius 2 is 1.82 bits per heavy atom.